The fourth-order valence-electron chi connectivity index (χ4n) is 8.45. The third-order valence-corrected chi connectivity index (χ3v) is 11.6. The molecule has 1 aromatic heterocycles. The van der Waals surface area contributed by atoms with Crippen LogP contribution in [0.15, 0.2) is 24.4 Å². The van der Waals surface area contributed by atoms with E-state index in [1.165, 1.54) is 0 Å². The molecule has 6 rings (SSSR count). The van der Waals surface area contributed by atoms with Crippen molar-refractivity contribution in [1.82, 2.24) is 30.0 Å². The van der Waals surface area contributed by atoms with E-state index in [2.05, 4.69) is 37.2 Å². The van der Waals surface area contributed by atoms with Crippen molar-refractivity contribution in [3.05, 3.63) is 30.0 Å². The quantitative estimate of drug-likeness (QED) is 0.251. The van der Waals surface area contributed by atoms with Crippen LogP contribution in [0.1, 0.15) is 95.8 Å². The molecule has 2 saturated heterocycles. The van der Waals surface area contributed by atoms with Gasteiger partial charge >= 0.3 is 6.09 Å². The van der Waals surface area contributed by atoms with Crippen molar-refractivity contribution in [2.75, 3.05) is 88.2 Å². The predicted octanol–water partition coefficient (Wildman–Crippen LogP) is 5.51. The van der Waals surface area contributed by atoms with Gasteiger partial charge < -0.3 is 44.6 Å². The first kappa shape index (κ1) is 40.5. The second-order valence-electron chi connectivity index (χ2n) is 16.6. The van der Waals surface area contributed by atoms with Gasteiger partial charge in [0.2, 0.25) is 11.9 Å². The summed E-state index contributed by atoms with van der Waals surface area (Å²) in [5.74, 6) is 2.28. The van der Waals surface area contributed by atoms with Gasteiger partial charge in [0.15, 0.2) is 5.82 Å². The lowest BCUT2D eigenvalue weighted by Gasteiger charge is -2.43. The number of hydrogen-bond acceptors (Lipinski definition) is 11. The maximum atomic E-state index is 13.3. The Labute approximate surface area is 327 Å². The summed E-state index contributed by atoms with van der Waals surface area (Å²) < 4.78 is 11.2. The van der Waals surface area contributed by atoms with Gasteiger partial charge in [-0.25, -0.2) is 9.78 Å². The number of rotatable bonds is 13. The number of nitrogens with one attached hydrogen (secondary N) is 2. The number of fused-ring (bicyclic) bond motifs is 1. The highest BCUT2D eigenvalue weighted by Crippen LogP contribution is 2.40. The van der Waals surface area contributed by atoms with E-state index in [0.29, 0.717) is 41.8 Å². The van der Waals surface area contributed by atoms with Gasteiger partial charge in [-0.3, -0.25) is 9.59 Å². The zero-order chi connectivity index (χ0) is 39.1. The molecule has 2 aromatic rings. The Morgan fingerprint density at radius 3 is 2.35 bits per heavy atom. The number of piperazine rings is 1. The highest BCUT2D eigenvalue weighted by molar-refractivity contribution is 6.04. The van der Waals surface area contributed by atoms with Gasteiger partial charge in [0.25, 0.3) is 5.91 Å². The topological polar surface area (TPSA) is 136 Å². The van der Waals surface area contributed by atoms with Gasteiger partial charge in [0, 0.05) is 71.0 Å². The maximum Gasteiger partial charge on any atom is 0.410 e. The number of carbonyl (C=O) groups excluding carboxylic acids is 3. The van der Waals surface area contributed by atoms with Crippen LogP contribution in [0.25, 0.3) is 0 Å². The molecule has 1 atom stereocenters. The number of aromatic nitrogens is 2. The molecule has 0 bridgehead atoms. The molecular weight excluding hydrogens is 699 g/mol. The zero-order valence-corrected chi connectivity index (χ0v) is 33.9. The molecule has 4 aliphatic rings. The van der Waals surface area contributed by atoms with Gasteiger partial charge in [-0.05, 0) is 96.4 Å². The molecule has 14 nitrogen and oxygen atoms in total. The smallest absolute Gasteiger partial charge is 0.410 e. The number of likely N-dealkylation sites (N-methyl/N-ethyl adjacent to an activating group) is 1. The number of hydrogen-bond donors (Lipinski definition) is 2. The van der Waals surface area contributed by atoms with Crippen LogP contribution in [-0.4, -0.2) is 133 Å². The number of benzene rings is 1. The molecule has 3 fully saturated rings. The molecule has 4 heterocycles. The Morgan fingerprint density at radius 2 is 1.67 bits per heavy atom. The molecule has 14 heteroatoms. The van der Waals surface area contributed by atoms with Crippen LogP contribution in [0.3, 0.4) is 0 Å². The van der Waals surface area contributed by atoms with Gasteiger partial charge in [0.1, 0.15) is 23.1 Å². The van der Waals surface area contributed by atoms with Crippen molar-refractivity contribution >= 4 is 41.0 Å². The number of carbonyl (C=O) groups is 3. The third kappa shape index (κ3) is 10.2. The number of ether oxygens (including phenoxy) is 2. The van der Waals surface area contributed by atoms with Crippen LogP contribution >= 0.6 is 0 Å². The van der Waals surface area contributed by atoms with Crippen molar-refractivity contribution in [2.24, 2.45) is 5.92 Å². The first-order valence-electron chi connectivity index (χ1n) is 20.5. The lowest BCUT2D eigenvalue weighted by Crippen LogP contribution is -2.55. The lowest BCUT2D eigenvalue weighted by molar-refractivity contribution is -0.120. The second kappa shape index (κ2) is 18.2. The summed E-state index contributed by atoms with van der Waals surface area (Å²) in [5, 5.41) is 6.38. The Hall–Kier alpha value is -4.17. The van der Waals surface area contributed by atoms with Crippen molar-refractivity contribution in [3.63, 3.8) is 0 Å². The predicted molar refractivity (Wildman–Crippen MR) is 216 cm³/mol. The van der Waals surface area contributed by atoms with E-state index in [-0.39, 0.29) is 30.0 Å². The Balaban J connectivity index is 0.920. The molecule has 0 spiro atoms. The average Bonchev–Trinajstić information content (AvgIpc) is 3.71. The molecule has 1 saturated carbocycles. The standard InChI is InChI=1S/C41H63N9O5/c1-7-33-38(52)46(5)34-27-43-39(45-36(34)50(33)31-12-8-9-13-31)44-32-15-14-30(26-35(32)54-6)37(51)42-18-10-11-19-47-22-24-48(25-23-47)28-29-16-20-49(21-17-29)40(53)55-41(2,3)4/h14-15,26-27,29,31,33H,7-13,16-25,28H2,1-6H3,(H,42,51)(H,43,44,45)/t33-/m1/s1. The molecule has 3 amide bonds. The van der Waals surface area contributed by atoms with Crippen LogP contribution in [0.4, 0.5) is 27.9 Å². The van der Waals surface area contributed by atoms with E-state index in [9.17, 15) is 14.4 Å². The van der Waals surface area contributed by atoms with Gasteiger partial charge in [-0.1, -0.05) is 19.8 Å². The first-order valence-corrected chi connectivity index (χ1v) is 20.5. The minimum atomic E-state index is -0.455. The van der Waals surface area contributed by atoms with Gasteiger partial charge in [-0.2, -0.15) is 4.98 Å². The number of anilines is 4. The molecule has 55 heavy (non-hydrogen) atoms. The van der Waals surface area contributed by atoms with Crippen LogP contribution in [0.5, 0.6) is 5.75 Å². The monoisotopic (exact) mass is 761 g/mol. The van der Waals surface area contributed by atoms with Gasteiger partial charge in [0.05, 0.1) is 19.0 Å². The average molecular weight is 762 g/mol. The minimum Gasteiger partial charge on any atom is -0.495 e. The summed E-state index contributed by atoms with van der Waals surface area (Å²) in [6.07, 6.45) is 10.7. The minimum absolute atomic E-state index is 0.0821. The number of likely N-dealkylation sites (tertiary alicyclic amines) is 1. The molecule has 1 aromatic carbocycles. The molecule has 302 valence electrons. The second-order valence-corrected chi connectivity index (χ2v) is 16.6. The summed E-state index contributed by atoms with van der Waals surface area (Å²) in [6.45, 7) is 16.4. The highest BCUT2D eigenvalue weighted by Gasteiger charge is 2.41. The summed E-state index contributed by atoms with van der Waals surface area (Å²) >= 11 is 0. The van der Waals surface area contributed by atoms with Crippen molar-refractivity contribution in [3.8, 4) is 5.75 Å². The highest BCUT2D eigenvalue weighted by atomic mass is 16.6. The Morgan fingerprint density at radius 1 is 0.964 bits per heavy atom. The number of methoxy groups -OCH3 is 1. The summed E-state index contributed by atoms with van der Waals surface area (Å²) in [4.78, 5) is 59.1. The zero-order valence-electron chi connectivity index (χ0n) is 33.9. The summed E-state index contributed by atoms with van der Waals surface area (Å²) in [7, 11) is 3.38. The molecule has 1 aliphatic carbocycles. The van der Waals surface area contributed by atoms with E-state index >= 15 is 0 Å². The third-order valence-electron chi connectivity index (χ3n) is 11.6. The summed E-state index contributed by atoms with van der Waals surface area (Å²) in [5.41, 5.74) is 1.44. The molecule has 0 unspecified atom stereocenters. The van der Waals surface area contributed by atoms with E-state index < -0.39 is 5.60 Å². The van der Waals surface area contributed by atoms with Crippen LogP contribution in [0.2, 0.25) is 0 Å². The number of amides is 3. The lowest BCUT2D eigenvalue weighted by atomic mass is 9.96. The van der Waals surface area contributed by atoms with Crippen molar-refractivity contribution in [2.45, 2.75) is 103 Å². The van der Waals surface area contributed by atoms with Crippen LogP contribution in [0, 0.1) is 5.92 Å². The number of nitrogens with zero attached hydrogens (tertiary/aromatic N) is 7. The molecule has 2 N–H and O–H groups in total. The van der Waals surface area contributed by atoms with E-state index in [1.807, 2.05) is 31.7 Å². The first-order chi connectivity index (χ1) is 26.4. The van der Waals surface area contributed by atoms with E-state index in [1.54, 1.807) is 37.4 Å². The maximum absolute atomic E-state index is 13.3. The SMILES string of the molecule is CC[C@@H]1C(=O)N(C)c2cnc(Nc3ccc(C(=O)NCCCCN4CCN(CC5CCN(C(=O)OC(C)(C)C)CC5)CC4)cc3OC)nc2N1C1CCCC1. The fourth-order valence-corrected chi connectivity index (χ4v) is 8.45. The van der Waals surface area contributed by atoms with Crippen LogP contribution in [-0.2, 0) is 9.53 Å². The van der Waals surface area contributed by atoms with Gasteiger partial charge in [-0.15, -0.1) is 0 Å². The van der Waals surface area contributed by atoms with Crippen molar-refractivity contribution < 1.29 is 23.9 Å². The van der Waals surface area contributed by atoms with E-state index in [0.717, 1.165) is 115 Å². The normalized spacial score (nSPS) is 20.4. The van der Waals surface area contributed by atoms with Crippen molar-refractivity contribution in [1.29, 1.82) is 0 Å². The number of piperidine rings is 1. The largest absolute Gasteiger partial charge is 0.495 e. The Kier molecular flexibility index (Phi) is 13.4. The molecule has 0 radical (unpaired) electrons. The number of unbranched alkanes of at least 4 members (excludes halogenated alkanes) is 1. The molecule has 3 aliphatic heterocycles. The fraction of sp³-hybridized carbons (Fsp3) is 0.683. The van der Waals surface area contributed by atoms with Crippen LogP contribution < -0.4 is 25.2 Å². The Bertz CT molecular complexity index is 1630. The molecular formula is C41H63N9O5. The summed E-state index contributed by atoms with van der Waals surface area (Å²) in [6, 6.07) is 5.39. The van der Waals surface area contributed by atoms with E-state index in [4.69, 9.17) is 14.5 Å².